The maximum atomic E-state index is 13.3. The Kier molecular flexibility index (Phi) is 6.35. The number of rotatable bonds is 3. The minimum absolute atomic E-state index is 0. The molecule has 1 aromatic carbocycles. The molecule has 0 saturated heterocycles. The van der Waals surface area contributed by atoms with Crippen molar-refractivity contribution in [2.24, 2.45) is 4.99 Å². The second-order valence-electron chi connectivity index (χ2n) is 5.45. The zero-order valence-electron chi connectivity index (χ0n) is 13.2. The summed E-state index contributed by atoms with van der Waals surface area (Å²) in [5, 5.41) is 19.9. The fourth-order valence-corrected chi connectivity index (χ4v) is 2.59. The van der Waals surface area contributed by atoms with Gasteiger partial charge >= 0.3 is 0 Å². The number of aromatic nitrogens is 3. The summed E-state index contributed by atoms with van der Waals surface area (Å²) in [4.78, 5) is 8.39. The van der Waals surface area contributed by atoms with Gasteiger partial charge in [0.15, 0.2) is 17.5 Å². The molecule has 1 aliphatic heterocycles. The highest BCUT2D eigenvalue weighted by Crippen LogP contribution is 2.16. The summed E-state index contributed by atoms with van der Waals surface area (Å²) in [7, 11) is 1.69. The van der Waals surface area contributed by atoms with Gasteiger partial charge in [0.1, 0.15) is 12.2 Å². The summed E-state index contributed by atoms with van der Waals surface area (Å²) in [5.41, 5.74) is 0.727. The number of nitrogens with zero attached hydrogens (tertiary/aromatic N) is 4. The van der Waals surface area contributed by atoms with Gasteiger partial charge in [-0.1, -0.05) is 6.07 Å². The third kappa shape index (κ3) is 4.34. The molecule has 1 aromatic heterocycles. The van der Waals surface area contributed by atoms with E-state index in [1.54, 1.807) is 19.4 Å². The normalized spacial score (nSPS) is 16.9. The number of hydrogen-bond donors (Lipinski definition) is 3. The smallest absolute Gasteiger partial charge is 0.191 e. The predicted octanol–water partition coefficient (Wildman–Crippen LogP) is 1.42. The van der Waals surface area contributed by atoms with Gasteiger partial charge in [0.05, 0.1) is 6.54 Å². The van der Waals surface area contributed by atoms with Gasteiger partial charge < -0.3 is 15.7 Å². The molecule has 3 N–H and O–H groups in total. The average Bonchev–Trinajstić information content (AvgIpc) is 3.02. The van der Waals surface area contributed by atoms with Gasteiger partial charge in [0.2, 0.25) is 0 Å². The van der Waals surface area contributed by atoms with E-state index in [2.05, 4.69) is 25.7 Å². The fraction of sp³-hybridized carbons (Fsp3) is 0.400. The molecule has 1 atom stereocenters. The molecule has 0 aliphatic carbocycles. The lowest BCUT2D eigenvalue weighted by Gasteiger charge is -2.25. The predicted molar refractivity (Wildman–Crippen MR) is 98.9 cm³/mol. The molecule has 3 rings (SSSR count). The van der Waals surface area contributed by atoms with E-state index >= 15 is 0 Å². The first-order valence-electron chi connectivity index (χ1n) is 7.47. The van der Waals surface area contributed by atoms with Gasteiger partial charge in [-0.05, 0) is 24.1 Å². The number of phenolic OH excluding ortho intramolecular Hbond substituents is 1. The molecule has 0 bridgehead atoms. The highest BCUT2D eigenvalue weighted by molar-refractivity contribution is 14.0. The van der Waals surface area contributed by atoms with E-state index < -0.39 is 5.82 Å². The maximum absolute atomic E-state index is 13.3. The lowest BCUT2D eigenvalue weighted by Crippen LogP contribution is -2.46. The molecule has 0 spiro atoms. The third-order valence-electron chi connectivity index (χ3n) is 3.84. The van der Waals surface area contributed by atoms with Crippen LogP contribution in [0.1, 0.15) is 17.8 Å². The van der Waals surface area contributed by atoms with Crippen molar-refractivity contribution in [3.05, 3.63) is 41.7 Å². The van der Waals surface area contributed by atoms with Crippen LogP contribution < -0.4 is 10.6 Å². The lowest BCUT2D eigenvalue weighted by atomic mass is 10.1. The van der Waals surface area contributed by atoms with Crippen LogP contribution in [0.15, 0.2) is 29.5 Å². The minimum Gasteiger partial charge on any atom is -0.505 e. The van der Waals surface area contributed by atoms with E-state index in [4.69, 9.17) is 0 Å². The van der Waals surface area contributed by atoms with Crippen LogP contribution >= 0.6 is 24.0 Å². The number of phenols is 1. The van der Waals surface area contributed by atoms with Crippen molar-refractivity contribution in [2.75, 3.05) is 7.05 Å². The molecule has 2 aromatic rings. The van der Waals surface area contributed by atoms with E-state index in [1.165, 1.54) is 12.1 Å². The fourth-order valence-electron chi connectivity index (χ4n) is 2.59. The van der Waals surface area contributed by atoms with Crippen molar-refractivity contribution in [2.45, 2.75) is 32.0 Å². The summed E-state index contributed by atoms with van der Waals surface area (Å²) in [6.07, 6.45) is 3.40. The topological polar surface area (TPSA) is 87.4 Å². The van der Waals surface area contributed by atoms with Crippen LogP contribution in [0.4, 0.5) is 4.39 Å². The van der Waals surface area contributed by atoms with Crippen LogP contribution in [-0.2, 0) is 19.5 Å². The number of aliphatic imine (C=N–C) groups is 1. The van der Waals surface area contributed by atoms with Crippen molar-refractivity contribution in [1.29, 1.82) is 0 Å². The second kappa shape index (κ2) is 8.27. The first kappa shape index (κ1) is 18.4. The van der Waals surface area contributed by atoms with E-state index in [0.717, 1.165) is 30.8 Å². The maximum Gasteiger partial charge on any atom is 0.191 e. The van der Waals surface area contributed by atoms with Crippen LogP contribution in [0, 0.1) is 5.82 Å². The number of aryl methyl sites for hydroxylation is 1. The van der Waals surface area contributed by atoms with Crippen LogP contribution in [0.25, 0.3) is 0 Å². The standard InChI is InChI=1S/C15H19FN6O.HI/c1-17-15(18-7-10-2-4-13(23)12(16)6-10)21-11-3-5-14-19-9-20-22(14)8-11;/h2,4,6,9,11,23H,3,5,7-8H2,1H3,(H2,17,18,21);1H. The Hall–Kier alpha value is -1.91. The molecule has 7 nitrogen and oxygen atoms in total. The van der Waals surface area contributed by atoms with E-state index in [9.17, 15) is 9.50 Å². The van der Waals surface area contributed by atoms with Gasteiger partial charge in [-0.15, -0.1) is 24.0 Å². The Morgan fingerprint density at radius 1 is 1.50 bits per heavy atom. The second-order valence-corrected chi connectivity index (χ2v) is 5.45. The Morgan fingerprint density at radius 2 is 2.33 bits per heavy atom. The Balaban J connectivity index is 0.00000208. The van der Waals surface area contributed by atoms with Gasteiger partial charge in [-0.25, -0.2) is 14.1 Å². The van der Waals surface area contributed by atoms with Crippen LogP contribution in [0.5, 0.6) is 5.75 Å². The first-order valence-corrected chi connectivity index (χ1v) is 7.47. The summed E-state index contributed by atoms with van der Waals surface area (Å²) >= 11 is 0. The first-order chi connectivity index (χ1) is 11.2. The molecule has 9 heteroatoms. The van der Waals surface area contributed by atoms with Gasteiger partial charge in [0, 0.05) is 26.1 Å². The summed E-state index contributed by atoms with van der Waals surface area (Å²) in [6.45, 7) is 1.15. The molecule has 0 amide bonds. The minimum atomic E-state index is -0.627. The van der Waals surface area contributed by atoms with E-state index in [1.807, 2.05) is 4.68 Å². The zero-order chi connectivity index (χ0) is 16.2. The summed E-state index contributed by atoms with van der Waals surface area (Å²) < 4.78 is 15.2. The van der Waals surface area contributed by atoms with E-state index in [0.29, 0.717) is 12.5 Å². The summed E-state index contributed by atoms with van der Waals surface area (Å²) in [6, 6.07) is 4.53. The molecule has 2 heterocycles. The number of guanidine groups is 1. The largest absolute Gasteiger partial charge is 0.505 e. The molecule has 0 fully saturated rings. The number of nitrogens with one attached hydrogen (secondary N) is 2. The number of aromatic hydroxyl groups is 1. The van der Waals surface area contributed by atoms with Crippen molar-refractivity contribution >= 4 is 29.9 Å². The zero-order valence-corrected chi connectivity index (χ0v) is 15.6. The number of benzene rings is 1. The van der Waals surface area contributed by atoms with E-state index in [-0.39, 0.29) is 35.8 Å². The van der Waals surface area contributed by atoms with Crippen molar-refractivity contribution < 1.29 is 9.50 Å². The van der Waals surface area contributed by atoms with Gasteiger partial charge in [-0.3, -0.25) is 4.99 Å². The lowest BCUT2D eigenvalue weighted by molar-refractivity contribution is 0.392. The molecule has 0 saturated carbocycles. The van der Waals surface area contributed by atoms with Crippen LogP contribution in [-0.4, -0.2) is 38.9 Å². The molecule has 1 aliphatic rings. The van der Waals surface area contributed by atoms with Crippen molar-refractivity contribution in [3.8, 4) is 5.75 Å². The number of fused-ring (bicyclic) bond motifs is 1. The third-order valence-corrected chi connectivity index (χ3v) is 3.84. The molecule has 130 valence electrons. The van der Waals surface area contributed by atoms with Crippen molar-refractivity contribution in [3.63, 3.8) is 0 Å². The number of hydrogen-bond acceptors (Lipinski definition) is 4. The molecule has 1 unspecified atom stereocenters. The average molecular weight is 446 g/mol. The molecular weight excluding hydrogens is 426 g/mol. The highest BCUT2D eigenvalue weighted by Gasteiger charge is 2.20. The molecular formula is C15H20FIN6O. The number of halogens is 2. The quantitative estimate of drug-likeness (QED) is 0.377. The Labute approximate surface area is 156 Å². The Morgan fingerprint density at radius 3 is 3.08 bits per heavy atom. The summed E-state index contributed by atoms with van der Waals surface area (Å²) in [5.74, 6) is 0.679. The van der Waals surface area contributed by atoms with Gasteiger partial charge in [-0.2, -0.15) is 5.10 Å². The van der Waals surface area contributed by atoms with Crippen LogP contribution in [0.2, 0.25) is 0 Å². The monoisotopic (exact) mass is 446 g/mol. The SMILES string of the molecule is CN=C(NCc1ccc(O)c(F)c1)NC1CCc2ncnn2C1.I. The Bertz CT molecular complexity index is 720. The molecule has 0 radical (unpaired) electrons. The van der Waals surface area contributed by atoms with Gasteiger partial charge in [0.25, 0.3) is 0 Å². The van der Waals surface area contributed by atoms with Crippen LogP contribution in [0.3, 0.4) is 0 Å². The van der Waals surface area contributed by atoms with Crippen molar-refractivity contribution in [1.82, 2.24) is 25.4 Å². The molecule has 24 heavy (non-hydrogen) atoms. The highest BCUT2D eigenvalue weighted by atomic mass is 127.